The van der Waals surface area contributed by atoms with Crippen molar-refractivity contribution in [2.24, 2.45) is 13.0 Å². The first-order valence-corrected chi connectivity index (χ1v) is 45.1. The third-order valence-corrected chi connectivity index (χ3v) is 24.6. The average molecular weight is 1800 g/mol. The van der Waals surface area contributed by atoms with Gasteiger partial charge in [0.25, 0.3) is 0 Å². The highest BCUT2D eigenvalue weighted by molar-refractivity contribution is 6.31. The van der Waals surface area contributed by atoms with Crippen molar-refractivity contribution in [3.05, 3.63) is 250 Å². The van der Waals surface area contributed by atoms with Crippen molar-refractivity contribution >= 4 is 114 Å². The van der Waals surface area contributed by atoms with Crippen LogP contribution >= 0.6 is 46.4 Å². The lowest BCUT2D eigenvalue weighted by molar-refractivity contribution is -0.139. The largest absolute Gasteiger partial charge is 0.360 e. The lowest BCUT2D eigenvalue weighted by atomic mass is 9.90. The average Bonchev–Trinajstić information content (AvgIpc) is 1.62. The second-order valence-electron chi connectivity index (χ2n) is 38.0. The van der Waals surface area contributed by atoms with Gasteiger partial charge in [0.2, 0.25) is 0 Å². The zero-order chi connectivity index (χ0) is 93.6. The van der Waals surface area contributed by atoms with Gasteiger partial charge in [-0.1, -0.05) is 107 Å². The lowest BCUT2D eigenvalue weighted by Crippen LogP contribution is -2.27. The normalized spacial score (nSPS) is 13.6. The number of ketones is 4. The zero-order valence-corrected chi connectivity index (χ0v) is 82.6. The molecule has 0 saturated heterocycles. The van der Waals surface area contributed by atoms with Crippen molar-refractivity contribution in [1.82, 2.24) is 43.2 Å². The number of pyridine rings is 5. The molecule has 14 rings (SSSR count). The first-order valence-electron chi connectivity index (χ1n) is 43.6. The number of nitrogens with zero attached hydrogens (tertiary/aromatic N) is 9. The van der Waals surface area contributed by atoms with E-state index in [1.54, 1.807) is 33.9 Å². The van der Waals surface area contributed by atoms with E-state index in [0.29, 0.717) is 33.2 Å². The van der Waals surface area contributed by atoms with E-state index in [4.69, 9.17) is 85.3 Å². The number of aromatic nitrogens is 9. The maximum absolute atomic E-state index is 13.0. The molecule has 13 aromatic rings. The van der Waals surface area contributed by atoms with Crippen molar-refractivity contribution < 1.29 is 38.1 Å². The number of carbonyl (C=O) groups excluding carboxylic acids is 4. The summed E-state index contributed by atoms with van der Waals surface area (Å²) in [4.78, 5) is 75.7. The van der Waals surface area contributed by atoms with Crippen LogP contribution in [0.25, 0.3) is 88.6 Å². The van der Waals surface area contributed by atoms with Crippen LogP contribution in [0.15, 0.2) is 134 Å². The molecule has 17 nitrogen and oxygen atoms in total. The molecule has 9 heterocycles. The summed E-state index contributed by atoms with van der Waals surface area (Å²) in [6.45, 7) is 61.0. The number of fused-ring (bicyclic) bond motifs is 4. The van der Waals surface area contributed by atoms with Crippen molar-refractivity contribution in [2.75, 3.05) is 0 Å². The summed E-state index contributed by atoms with van der Waals surface area (Å²) >= 11 is 24.8. The zero-order valence-electron chi connectivity index (χ0n) is 79.6. The number of rotatable bonds is 22. The van der Waals surface area contributed by atoms with Crippen LogP contribution in [-0.4, -0.2) is 88.7 Å². The highest BCUT2D eigenvalue weighted by atomic mass is 35.5. The monoisotopic (exact) mass is 1790 g/mol. The van der Waals surface area contributed by atoms with Crippen LogP contribution in [0.2, 0.25) is 20.1 Å². The van der Waals surface area contributed by atoms with Crippen LogP contribution in [0.3, 0.4) is 0 Å². The van der Waals surface area contributed by atoms with Crippen molar-refractivity contribution in [2.45, 2.75) is 273 Å². The number of halogens is 4. The first-order chi connectivity index (χ1) is 59.3. The fourth-order valence-corrected chi connectivity index (χ4v) is 17.5. The standard InChI is InChI=1S/C29H32ClN3O2.C27H33ClN2O2.C26H31ClN2O2.C24H29ClN2O2/c1-17-19(3)33(16-21-9-8-14-31-15-21)28-24(17)26(22-10-12-23(30)13-11-22)25(18(2)32-28)27(20(4)34)35-29(5,6)7;1-15-17(3)30(14-19-8-9-19)26-22(15)24(20-10-12-21(28)13-11-20)23(16(2)29-26)25(18(4)31)32-27(5,6)7;1-9-14-29-17(4)15(2)21-23(19-10-12-20(27)13-11-19)22(16(3)28-25(21)29)24(18(5)30)31-26(6,7)8;1-13-15(3)27(8)23-19(13)21(17-9-11-18(25)12-10-17)20(14(2)26-23)22(16(4)28)29-24(5,6)7/h8-15,27H,16H2,1-7H3;10-13,19,25H,8-9,14H2,1-7H3;9-13,24H,1,14H2,2-8H3;9-12,22H,1-8H3. The van der Waals surface area contributed by atoms with E-state index in [0.717, 1.165) is 185 Å². The maximum atomic E-state index is 13.0. The quantitative estimate of drug-likeness (QED) is 0.0583. The molecule has 0 radical (unpaired) electrons. The van der Waals surface area contributed by atoms with Crippen molar-refractivity contribution in [3.63, 3.8) is 0 Å². The molecule has 0 N–H and O–H groups in total. The topological polar surface area (TPSA) is 189 Å². The Kier molecular flexibility index (Phi) is 29.9. The number of hydrogen-bond donors (Lipinski definition) is 0. The van der Waals surface area contributed by atoms with Gasteiger partial charge in [-0.2, -0.15) is 0 Å². The molecule has 1 aliphatic rings. The predicted octanol–water partition coefficient (Wildman–Crippen LogP) is 27.5. The Labute approximate surface area is 770 Å². The van der Waals surface area contributed by atoms with Crippen LogP contribution in [0, 0.1) is 89.0 Å². The SMILES string of the molecule is C=CCn1c(C)c(C)c2c(-c3ccc(Cl)cc3)c(C(OC(C)(C)C)C(C)=O)c(C)nc21.CC(=O)C(OC(C)(C)C)c1c(C)nc2c(c(C)c(C)n2C)c1-c1ccc(Cl)cc1.CC(=O)C(OC(C)(C)C)c1c(C)nc2c(c(C)c(C)n2CC2CC2)c1-c1ccc(Cl)cc1.CC(=O)C(OC(C)(C)C)c1c(C)nc2c(c(C)c(C)n2Cc2cccnc2)c1-c1ccc(Cl)cc1. The highest BCUT2D eigenvalue weighted by Crippen LogP contribution is 2.49. The fourth-order valence-electron chi connectivity index (χ4n) is 17.0. The van der Waals surface area contributed by atoms with Gasteiger partial charge in [-0.15, -0.1) is 6.58 Å². The minimum atomic E-state index is -0.737. The summed E-state index contributed by atoms with van der Waals surface area (Å²) < 4.78 is 34.1. The number of allylic oxidation sites excluding steroid dienone is 1. The van der Waals surface area contributed by atoms with E-state index in [2.05, 4.69) is 91.3 Å². The molecular formula is C106H125Cl4N9O8. The van der Waals surface area contributed by atoms with Crippen LogP contribution in [0.5, 0.6) is 0 Å². The molecule has 4 unspecified atom stereocenters. The van der Waals surface area contributed by atoms with Crippen molar-refractivity contribution in [3.8, 4) is 44.5 Å². The van der Waals surface area contributed by atoms with E-state index in [1.165, 1.54) is 24.1 Å². The number of Topliss-reactive ketones (excluding diaryl/α,β-unsaturated/α-hetero) is 4. The number of hydrogen-bond acceptors (Lipinski definition) is 13. The summed E-state index contributed by atoms with van der Waals surface area (Å²) in [5, 5.41) is 6.90. The summed E-state index contributed by atoms with van der Waals surface area (Å²) in [6, 6.07) is 35.1. The summed E-state index contributed by atoms with van der Waals surface area (Å²) in [6.07, 6.45) is 5.26. The van der Waals surface area contributed by atoms with Gasteiger partial charge >= 0.3 is 0 Å². The second kappa shape index (κ2) is 38.9. The van der Waals surface area contributed by atoms with Crippen molar-refractivity contribution in [1.29, 1.82) is 0 Å². The van der Waals surface area contributed by atoms with Gasteiger partial charge in [-0.05, 0) is 317 Å². The number of benzene rings is 4. The second-order valence-corrected chi connectivity index (χ2v) is 39.7. The number of carbonyl (C=O) groups is 4. The van der Waals surface area contributed by atoms with E-state index in [1.807, 2.05) is 233 Å². The molecule has 670 valence electrons. The molecule has 1 aliphatic carbocycles. The Hall–Kier alpha value is -9.79. The van der Waals surface area contributed by atoms with E-state index >= 15 is 0 Å². The van der Waals surface area contributed by atoms with Gasteiger partial charge in [0.1, 0.15) is 47.0 Å². The highest BCUT2D eigenvalue weighted by Gasteiger charge is 2.38. The Bertz CT molecular complexity index is 6340. The minimum absolute atomic E-state index is 0.0221. The van der Waals surface area contributed by atoms with Crippen LogP contribution in [0.4, 0.5) is 0 Å². The molecule has 0 spiro atoms. The van der Waals surface area contributed by atoms with Gasteiger partial charge in [-0.3, -0.25) is 24.2 Å². The van der Waals surface area contributed by atoms with E-state index < -0.39 is 46.8 Å². The molecule has 1 saturated carbocycles. The third-order valence-electron chi connectivity index (χ3n) is 23.6. The maximum Gasteiger partial charge on any atom is 0.163 e. The fraction of sp³-hybridized carbons (Fsp3) is 0.406. The minimum Gasteiger partial charge on any atom is -0.360 e. The van der Waals surface area contributed by atoms with Crippen LogP contribution in [0.1, 0.15) is 244 Å². The molecule has 9 aromatic heterocycles. The molecule has 4 aromatic carbocycles. The van der Waals surface area contributed by atoms with E-state index in [-0.39, 0.29) is 23.1 Å². The van der Waals surface area contributed by atoms with Gasteiger partial charge in [0.05, 0.1) is 28.9 Å². The molecule has 0 amide bonds. The Morgan fingerprint density at radius 1 is 0.402 bits per heavy atom. The Morgan fingerprint density at radius 2 is 0.669 bits per heavy atom. The number of aryl methyl sites for hydroxylation is 9. The van der Waals surface area contributed by atoms with Crippen LogP contribution < -0.4 is 0 Å². The van der Waals surface area contributed by atoms with Gasteiger partial charge in [0.15, 0.2) is 23.1 Å². The lowest BCUT2D eigenvalue weighted by Gasteiger charge is -2.29. The molecule has 0 bridgehead atoms. The summed E-state index contributed by atoms with van der Waals surface area (Å²) in [5.41, 5.74) is 26.5. The van der Waals surface area contributed by atoms with E-state index in [9.17, 15) is 19.2 Å². The Morgan fingerprint density at radius 3 is 0.945 bits per heavy atom. The predicted molar refractivity (Wildman–Crippen MR) is 522 cm³/mol. The Balaban J connectivity index is 0.000000165. The van der Waals surface area contributed by atoms with Gasteiger partial charge in [0, 0.05) is 164 Å². The molecule has 4 atom stereocenters. The summed E-state index contributed by atoms with van der Waals surface area (Å²) in [7, 11) is 2.02. The first kappa shape index (κ1) is 97.8. The number of ether oxygens (including phenoxy) is 4. The molecular weight excluding hydrogens is 1670 g/mol. The molecule has 0 aliphatic heterocycles. The molecule has 1 fully saturated rings. The third kappa shape index (κ3) is 21.7. The van der Waals surface area contributed by atoms with Crippen LogP contribution in [-0.2, 0) is 64.8 Å². The summed E-state index contributed by atoms with van der Waals surface area (Å²) in [5.74, 6) is 0.576. The van der Waals surface area contributed by atoms with Gasteiger partial charge in [-0.25, -0.2) is 19.9 Å². The molecule has 127 heavy (non-hydrogen) atoms. The van der Waals surface area contributed by atoms with Gasteiger partial charge < -0.3 is 37.2 Å². The molecule has 21 heteroatoms. The smallest absolute Gasteiger partial charge is 0.163 e.